The number of hydrogen-bond acceptors (Lipinski definition) is 5. The van der Waals surface area contributed by atoms with Crippen molar-refractivity contribution in [3.63, 3.8) is 0 Å². The standard InChI is InChI=1S/C19H31N3O5/c1-7-27-18(24)17-13(4)16(14(5)21-17)15(23)11-22(9-8-10-26-6)19(25)20-12(2)3/h12,21H,7-11H2,1-6H3,(H,20,25). The normalized spacial score (nSPS) is 10.8. The number of methoxy groups -OCH3 is 1. The molecular formula is C19H31N3O5. The molecule has 0 radical (unpaired) electrons. The summed E-state index contributed by atoms with van der Waals surface area (Å²) in [7, 11) is 1.59. The number of Topliss-reactive ketones (excluding diaryl/α,β-unsaturated/α-hetero) is 1. The van der Waals surface area contributed by atoms with Gasteiger partial charge < -0.3 is 24.7 Å². The third kappa shape index (κ3) is 6.39. The van der Waals surface area contributed by atoms with Gasteiger partial charge in [-0.2, -0.15) is 0 Å². The van der Waals surface area contributed by atoms with Crippen molar-refractivity contribution in [2.75, 3.05) is 33.4 Å². The van der Waals surface area contributed by atoms with Crippen LogP contribution in [0.2, 0.25) is 0 Å². The monoisotopic (exact) mass is 381 g/mol. The lowest BCUT2D eigenvalue weighted by Crippen LogP contribution is -2.45. The number of aromatic amines is 1. The quantitative estimate of drug-likeness (QED) is 0.368. The molecule has 0 spiro atoms. The van der Waals surface area contributed by atoms with Crippen molar-refractivity contribution in [1.82, 2.24) is 15.2 Å². The predicted octanol–water partition coefficient (Wildman–Crippen LogP) is 2.45. The number of ketones is 1. The van der Waals surface area contributed by atoms with Crippen LogP contribution in [-0.2, 0) is 9.47 Å². The lowest BCUT2D eigenvalue weighted by molar-refractivity contribution is 0.0519. The highest BCUT2D eigenvalue weighted by atomic mass is 16.5. The Morgan fingerprint density at radius 2 is 1.89 bits per heavy atom. The molecule has 0 saturated carbocycles. The molecule has 0 saturated heterocycles. The molecule has 0 aromatic carbocycles. The number of amides is 2. The fourth-order valence-corrected chi connectivity index (χ4v) is 2.82. The number of carbonyl (C=O) groups excluding carboxylic acids is 3. The van der Waals surface area contributed by atoms with Crippen LogP contribution in [0.15, 0.2) is 0 Å². The maximum Gasteiger partial charge on any atom is 0.355 e. The highest BCUT2D eigenvalue weighted by Gasteiger charge is 2.25. The maximum absolute atomic E-state index is 12.9. The van der Waals surface area contributed by atoms with Gasteiger partial charge >= 0.3 is 12.0 Å². The molecule has 1 heterocycles. The highest BCUT2D eigenvalue weighted by Crippen LogP contribution is 2.20. The van der Waals surface area contributed by atoms with Crippen LogP contribution in [0.25, 0.3) is 0 Å². The molecule has 1 aromatic rings. The summed E-state index contributed by atoms with van der Waals surface area (Å²) in [6, 6.07) is -0.338. The average Bonchev–Trinajstić information content (AvgIpc) is 2.88. The van der Waals surface area contributed by atoms with Gasteiger partial charge in [-0.1, -0.05) is 0 Å². The Kier molecular flexibility index (Phi) is 9.00. The predicted molar refractivity (Wildman–Crippen MR) is 102 cm³/mol. The van der Waals surface area contributed by atoms with E-state index in [1.165, 1.54) is 4.90 Å². The zero-order valence-electron chi connectivity index (χ0n) is 17.1. The number of carbonyl (C=O) groups is 3. The third-order valence-electron chi connectivity index (χ3n) is 4.01. The van der Waals surface area contributed by atoms with E-state index in [0.29, 0.717) is 36.4 Å². The van der Waals surface area contributed by atoms with Crippen molar-refractivity contribution in [2.24, 2.45) is 0 Å². The maximum atomic E-state index is 12.9. The molecule has 1 rings (SSSR count). The minimum Gasteiger partial charge on any atom is -0.461 e. The van der Waals surface area contributed by atoms with Crippen molar-refractivity contribution in [1.29, 1.82) is 0 Å². The summed E-state index contributed by atoms with van der Waals surface area (Å²) in [5, 5.41) is 2.81. The molecule has 2 N–H and O–H groups in total. The number of rotatable bonds is 10. The minimum absolute atomic E-state index is 0.0383. The second-order valence-electron chi connectivity index (χ2n) is 6.64. The number of esters is 1. The number of nitrogens with zero attached hydrogens (tertiary/aromatic N) is 1. The van der Waals surface area contributed by atoms with E-state index in [-0.39, 0.29) is 36.7 Å². The number of aromatic nitrogens is 1. The molecule has 8 nitrogen and oxygen atoms in total. The van der Waals surface area contributed by atoms with Crippen LogP contribution in [0, 0.1) is 13.8 Å². The number of nitrogens with one attached hydrogen (secondary N) is 2. The lowest BCUT2D eigenvalue weighted by Gasteiger charge is -2.24. The summed E-state index contributed by atoms with van der Waals surface area (Å²) >= 11 is 0. The van der Waals surface area contributed by atoms with E-state index in [4.69, 9.17) is 9.47 Å². The first kappa shape index (κ1) is 22.7. The minimum atomic E-state index is -0.494. The number of hydrogen-bond donors (Lipinski definition) is 2. The van der Waals surface area contributed by atoms with Gasteiger partial charge in [-0.25, -0.2) is 9.59 Å². The van der Waals surface area contributed by atoms with E-state index >= 15 is 0 Å². The summed E-state index contributed by atoms with van der Waals surface area (Å²) < 4.78 is 10.0. The molecule has 27 heavy (non-hydrogen) atoms. The van der Waals surface area contributed by atoms with Crippen molar-refractivity contribution in [3.05, 3.63) is 22.5 Å². The second-order valence-corrected chi connectivity index (χ2v) is 6.64. The summed E-state index contributed by atoms with van der Waals surface area (Å²) in [5.41, 5.74) is 1.82. The molecule has 0 fully saturated rings. The van der Waals surface area contributed by atoms with Gasteiger partial charge in [0, 0.05) is 37.6 Å². The Labute approximate surface area is 160 Å². The van der Waals surface area contributed by atoms with Crippen LogP contribution in [0.4, 0.5) is 4.79 Å². The molecule has 0 aliphatic rings. The van der Waals surface area contributed by atoms with Gasteiger partial charge in [0.2, 0.25) is 0 Å². The largest absolute Gasteiger partial charge is 0.461 e. The van der Waals surface area contributed by atoms with E-state index in [9.17, 15) is 14.4 Å². The average molecular weight is 381 g/mol. The van der Waals surface area contributed by atoms with Crippen LogP contribution < -0.4 is 5.32 Å². The van der Waals surface area contributed by atoms with E-state index in [1.54, 1.807) is 27.9 Å². The Morgan fingerprint density at radius 3 is 2.44 bits per heavy atom. The topological polar surface area (TPSA) is 101 Å². The van der Waals surface area contributed by atoms with Crippen LogP contribution in [-0.4, -0.2) is 67.1 Å². The molecule has 2 amide bonds. The van der Waals surface area contributed by atoms with Gasteiger partial charge in [0.1, 0.15) is 5.69 Å². The SMILES string of the molecule is CCOC(=O)c1[nH]c(C)c(C(=O)CN(CCCOC)C(=O)NC(C)C)c1C. The second kappa shape index (κ2) is 10.7. The van der Waals surface area contributed by atoms with Crippen LogP contribution in [0.3, 0.4) is 0 Å². The summed E-state index contributed by atoms with van der Waals surface area (Å²) in [4.78, 5) is 41.7. The summed E-state index contributed by atoms with van der Waals surface area (Å²) in [5.74, 6) is -0.722. The fourth-order valence-electron chi connectivity index (χ4n) is 2.82. The molecule has 0 bridgehead atoms. The lowest BCUT2D eigenvalue weighted by atomic mass is 10.1. The van der Waals surface area contributed by atoms with Crippen molar-refractivity contribution < 1.29 is 23.9 Å². The van der Waals surface area contributed by atoms with Gasteiger partial charge in [-0.15, -0.1) is 0 Å². The number of urea groups is 1. The van der Waals surface area contributed by atoms with Crippen molar-refractivity contribution >= 4 is 17.8 Å². The van der Waals surface area contributed by atoms with Crippen LogP contribution in [0.1, 0.15) is 59.3 Å². The molecule has 0 atom stereocenters. The summed E-state index contributed by atoms with van der Waals surface area (Å²) in [6.45, 7) is 9.93. The Balaban J connectivity index is 3.00. The Hall–Kier alpha value is -2.35. The molecule has 152 valence electrons. The molecule has 0 aliphatic heterocycles. The highest BCUT2D eigenvalue weighted by molar-refractivity contribution is 6.04. The fraction of sp³-hybridized carbons (Fsp3) is 0.632. The number of H-pyrrole nitrogens is 1. The zero-order chi connectivity index (χ0) is 20.6. The number of ether oxygens (including phenoxy) is 2. The first-order chi connectivity index (χ1) is 12.7. The van der Waals surface area contributed by atoms with Crippen LogP contribution >= 0.6 is 0 Å². The number of aryl methyl sites for hydroxylation is 1. The third-order valence-corrected chi connectivity index (χ3v) is 4.01. The van der Waals surface area contributed by atoms with Crippen molar-refractivity contribution in [2.45, 2.75) is 47.1 Å². The molecule has 1 aromatic heterocycles. The van der Waals surface area contributed by atoms with E-state index in [0.717, 1.165) is 0 Å². The van der Waals surface area contributed by atoms with E-state index in [1.807, 2.05) is 13.8 Å². The first-order valence-corrected chi connectivity index (χ1v) is 9.16. The molecule has 0 aliphatic carbocycles. The summed E-state index contributed by atoms with van der Waals surface area (Å²) in [6.07, 6.45) is 0.620. The van der Waals surface area contributed by atoms with Gasteiger partial charge in [0.25, 0.3) is 0 Å². The smallest absolute Gasteiger partial charge is 0.355 e. The van der Waals surface area contributed by atoms with E-state index < -0.39 is 5.97 Å². The van der Waals surface area contributed by atoms with E-state index in [2.05, 4.69) is 10.3 Å². The molecular weight excluding hydrogens is 350 g/mol. The van der Waals surface area contributed by atoms with Crippen LogP contribution in [0.5, 0.6) is 0 Å². The zero-order valence-corrected chi connectivity index (χ0v) is 17.1. The molecule has 0 unspecified atom stereocenters. The van der Waals surface area contributed by atoms with Gasteiger partial charge in [-0.3, -0.25) is 4.79 Å². The molecule has 8 heteroatoms. The van der Waals surface area contributed by atoms with Gasteiger partial charge in [0.15, 0.2) is 5.78 Å². The Bertz CT molecular complexity index is 667. The Morgan fingerprint density at radius 1 is 1.22 bits per heavy atom. The first-order valence-electron chi connectivity index (χ1n) is 9.16. The van der Waals surface area contributed by atoms with Crippen molar-refractivity contribution in [3.8, 4) is 0 Å². The van der Waals surface area contributed by atoms with Gasteiger partial charge in [0.05, 0.1) is 13.2 Å². The van der Waals surface area contributed by atoms with Gasteiger partial charge in [-0.05, 0) is 46.6 Å².